The Morgan fingerprint density at radius 2 is 1.95 bits per heavy atom. The molecule has 1 saturated heterocycles. The number of hydrogen-bond donors (Lipinski definition) is 1. The van der Waals surface area contributed by atoms with E-state index in [4.69, 9.17) is 4.74 Å². The zero-order valence-electron chi connectivity index (χ0n) is 12.7. The summed E-state index contributed by atoms with van der Waals surface area (Å²) in [5.74, 6) is 0.162. The first-order valence-electron chi connectivity index (χ1n) is 7.33. The number of nitrogens with one attached hydrogen (secondary N) is 1. The van der Waals surface area contributed by atoms with E-state index in [1.807, 2.05) is 0 Å². The molecule has 1 aliphatic heterocycles. The molecule has 0 spiro atoms. The first-order chi connectivity index (χ1) is 10.4. The van der Waals surface area contributed by atoms with Crippen molar-refractivity contribution < 1.29 is 22.6 Å². The van der Waals surface area contributed by atoms with Gasteiger partial charge in [-0.1, -0.05) is 13.0 Å². The Morgan fingerprint density at radius 3 is 2.50 bits per heavy atom. The average Bonchev–Trinajstić information content (AvgIpc) is 2.48. The monoisotopic (exact) mass is 318 g/mol. The minimum absolute atomic E-state index is 0.122. The highest BCUT2D eigenvalue weighted by Crippen LogP contribution is 2.36. The molecule has 0 unspecified atom stereocenters. The molecule has 1 fully saturated rings. The van der Waals surface area contributed by atoms with E-state index in [9.17, 15) is 13.2 Å². The van der Waals surface area contributed by atoms with Gasteiger partial charge in [0.05, 0.1) is 7.11 Å². The zero-order chi connectivity index (χ0) is 16.2. The van der Waals surface area contributed by atoms with E-state index in [1.54, 1.807) is 6.07 Å². The number of benzene rings is 1. The molecule has 2 rings (SSSR count). The number of methoxy groups -OCH3 is 1. The second kappa shape index (κ2) is 7.19. The van der Waals surface area contributed by atoms with Gasteiger partial charge in [-0.25, -0.2) is 0 Å². The van der Waals surface area contributed by atoms with Gasteiger partial charge in [-0.2, -0.15) is 0 Å². The minimum Gasteiger partial charge on any atom is -0.496 e. The van der Waals surface area contributed by atoms with Crippen molar-refractivity contribution in [1.82, 2.24) is 10.2 Å². The van der Waals surface area contributed by atoms with Gasteiger partial charge < -0.3 is 14.8 Å². The van der Waals surface area contributed by atoms with Crippen LogP contribution >= 0.6 is 0 Å². The van der Waals surface area contributed by atoms with Crippen molar-refractivity contribution in [2.75, 3.05) is 33.3 Å². The van der Waals surface area contributed by atoms with Gasteiger partial charge >= 0.3 is 6.36 Å². The van der Waals surface area contributed by atoms with E-state index in [0.717, 1.165) is 38.2 Å². The predicted octanol–water partition coefficient (Wildman–Crippen LogP) is 2.95. The molecule has 1 N–H and O–H groups in total. The molecular weight excluding hydrogens is 297 g/mol. The number of rotatable bonds is 5. The molecular formula is C15H21F3N2O2. The van der Waals surface area contributed by atoms with Crippen LogP contribution < -0.4 is 14.8 Å². The van der Waals surface area contributed by atoms with Crippen molar-refractivity contribution >= 4 is 0 Å². The predicted molar refractivity (Wildman–Crippen MR) is 77.2 cm³/mol. The molecule has 0 saturated carbocycles. The van der Waals surface area contributed by atoms with Crippen LogP contribution in [0, 0.1) is 0 Å². The Kier molecular flexibility index (Phi) is 5.52. The van der Waals surface area contributed by atoms with Crippen LogP contribution in [-0.2, 0) is 0 Å². The number of halogens is 3. The fourth-order valence-corrected chi connectivity index (χ4v) is 2.83. The lowest BCUT2D eigenvalue weighted by Crippen LogP contribution is -2.45. The van der Waals surface area contributed by atoms with E-state index in [-0.39, 0.29) is 11.8 Å². The van der Waals surface area contributed by atoms with Crippen LogP contribution in [0.2, 0.25) is 0 Å². The Bertz CT molecular complexity index is 488. The summed E-state index contributed by atoms with van der Waals surface area (Å²) < 4.78 is 46.2. The maximum Gasteiger partial charge on any atom is 0.573 e. The smallest absolute Gasteiger partial charge is 0.496 e. The molecule has 124 valence electrons. The minimum atomic E-state index is -4.70. The molecule has 22 heavy (non-hydrogen) atoms. The van der Waals surface area contributed by atoms with Crippen molar-refractivity contribution in [2.24, 2.45) is 0 Å². The Hall–Kier alpha value is -1.47. The first kappa shape index (κ1) is 16.9. The highest BCUT2D eigenvalue weighted by molar-refractivity contribution is 5.42. The van der Waals surface area contributed by atoms with Crippen LogP contribution in [0.4, 0.5) is 13.2 Å². The summed E-state index contributed by atoms with van der Waals surface area (Å²) in [5.41, 5.74) is 0.890. The third-order valence-corrected chi connectivity index (χ3v) is 3.78. The van der Waals surface area contributed by atoms with Crippen LogP contribution in [0.5, 0.6) is 11.5 Å². The Labute approximate surface area is 128 Å². The number of ether oxygens (including phenoxy) is 2. The number of hydrogen-bond acceptors (Lipinski definition) is 4. The van der Waals surface area contributed by atoms with Gasteiger partial charge in [0.1, 0.15) is 11.5 Å². The van der Waals surface area contributed by atoms with Crippen molar-refractivity contribution in [3.05, 3.63) is 23.8 Å². The molecule has 1 heterocycles. The normalized spacial score (nSPS) is 18.0. The summed E-state index contributed by atoms with van der Waals surface area (Å²) in [5, 5.41) is 3.29. The number of alkyl halides is 3. The summed E-state index contributed by atoms with van der Waals surface area (Å²) >= 11 is 0. The summed E-state index contributed by atoms with van der Waals surface area (Å²) in [6, 6.07) is 4.43. The molecule has 0 amide bonds. The van der Waals surface area contributed by atoms with Crippen LogP contribution in [-0.4, -0.2) is 44.6 Å². The maximum absolute atomic E-state index is 12.3. The van der Waals surface area contributed by atoms with Gasteiger partial charge in [-0.3, -0.25) is 4.90 Å². The molecule has 1 aliphatic rings. The second-order valence-electron chi connectivity index (χ2n) is 5.16. The highest BCUT2D eigenvalue weighted by Gasteiger charge is 2.32. The standard InChI is InChI=1S/C15H21F3N2O2/c1-3-13(20-8-6-19-7-9-20)12-5-4-11(10-14(12)21-2)22-15(16,17)18/h4-5,10,13,19H,3,6-9H2,1-2H3/t13-/m1/s1. The third kappa shape index (κ3) is 4.27. The van der Waals surface area contributed by atoms with Gasteiger partial charge in [-0.05, 0) is 12.5 Å². The summed E-state index contributed by atoms with van der Waals surface area (Å²) in [6.07, 6.45) is -3.84. The van der Waals surface area contributed by atoms with E-state index in [1.165, 1.54) is 19.2 Å². The topological polar surface area (TPSA) is 33.7 Å². The summed E-state index contributed by atoms with van der Waals surface area (Å²) in [6.45, 7) is 5.69. The zero-order valence-corrected chi connectivity index (χ0v) is 12.7. The van der Waals surface area contributed by atoms with E-state index >= 15 is 0 Å². The van der Waals surface area contributed by atoms with Gasteiger partial charge in [0.25, 0.3) is 0 Å². The fourth-order valence-electron chi connectivity index (χ4n) is 2.83. The molecule has 0 bridgehead atoms. The number of piperazine rings is 1. The molecule has 1 aromatic rings. The van der Waals surface area contributed by atoms with Gasteiger partial charge in [0, 0.05) is 43.9 Å². The van der Waals surface area contributed by atoms with Gasteiger partial charge in [-0.15, -0.1) is 13.2 Å². The first-order valence-corrected chi connectivity index (χ1v) is 7.33. The van der Waals surface area contributed by atoms with E-state index < -0.39 is 6.36 Å². The largest absolute Gasteiger partial charge is 0.573 e. The van der Waals surface area contributed by atoms with Gasteiger partial charge in [0.15, 0.2) is 0 Å². The van der Waals surface area contributed by atoms with Crippen LogP contribution in [0.15, 0.2) is 18.2 Å². The van der Waals surface area contributed by atoms with Crippen LogP contribution in [0.25, 0.3) is 0 Å². The molecule has 4 nitrogen and oxygen atoms in total. The maximum atomic E-state index is 12.3. The van der Waals surface area contributed by atoms with Crippen molar-refractivity contribution in [3.63, 3.8) is 0 Å². The second-order valence-corrected chi connectivity index (χ2v) is 5.16. The molecule has 0 aromatic heterocycles. The average molecular weight is 318 g/mol. The summed E-state index contributed by atoms with van der Waals surface area (Å²) in [4.78, 5) is 2.32. The summed E-state index contributed by atoms with van der Waals surface area (Å²) in [7, 11) is 1.46. The van der Waals surface area contributed by atoms with Crippen LogP contribution in [0.1, 0.15) is 24.9 Å². The van der Waals surface area contributed by atoms with E-state index in [0.29, 0.717) is 5.75 Å². The SMILES string of the molecule is CC[C@H](c1ccc(OC(F)(F)F)cc1OC)N1CCNCC1. The van der Waals surface area contributed by atoms with Crippen LogP contribution in [0.3, 0.4) is 0 Å². The third-order valence-electron chi connectivity index (χ3n) is 3.78. The lowest BCUT2D eigenvalue weighted by atomic mass is 10.0. The molecule has 0 aliphatic carbocycles. The highest BCUT2D eigenvalue weighted by atomic mass is 19.4. The molecule has 1 aromatic carbocycles. The van der Waals surface area contributed by atoms with Gasteiger partial charge in [0.2, 0.25) is 0 Å². The van der Waals surface area contributed by atoms with Crippen molar-refractivity contribution in [3.8, 4) is 11.5 Å². The molecule has 7 heteroatoms. The Balaban J connectivity index is 2.24. The lowest BCUT2D eigenvalue weighted by Gasteiger charge is -2.35. The van der Waals surface area contributed by atoms with Crippen molar-refractivity contribution in [1.29, 1.82) is 0 Å². The van der Waals surface area contributed by atoms with Crippen molar-refractivity contribution in [2.45, 2.75) is 25.7 Å². The fraction of sp³-hybridized carbons (Fsp3) is 0.600. The quantitative estimate of drug-likeness (QED) is 0.905. The van der Waals surface area contributed by atoms with E-state index in [2.05, 4.69) is 21.9 Å². The molecule has 1 atom stereocenters. The Morgan fingerprint density at radius 1 is 1.27 bits per heavy atom. The lowest BCUT2D eigenvalue weighted by molar-refractivity contribution is -0.274. The molecule has 0 radical (unpaired) electrons. The number of nitrogens with zero attached hydrogens (tertiary/aromatic N) is 1.